The van der Waals surface area contributed by atoms with Crippen LogP contribution in [0, 0.1) is 18.3 Å². The summed E-state index contributed by atoms with van der Waals surface area (Å²) in [5.74, 6) is 1.64. The van der Waals surface area contributed by atoms with Gasteiger partial charge in [-0.25, -0.2) is 4.79 Å². The molecule has 0 aliphatic heterocycles. The number of rotatable bonds is 9. The Kier molecular flexibility index (Phi) is 9.27. The predicted molar refractivity (Wildman–Crippen MR) is 71.7 cm³/mol. The standard InChI is InChI=1S/C13H22N2O4/c1-4-7-15(9-12(16)17)13(18)14-6-5-8-19-10-11(2)3/h1,11H,5-10H2,2-3H3,(H,14,18)(H,16,17). The number of urea groups is 1. The van der Waals surface area contributed by atoms with Crippen LogP contribution in [0.25, 0.3) is 0 Å². The molecule has 108 valence electrons. The minimum atomic E-state index is -1.09. The Bertz CT molecular complexity index is 323. The predicted octanol–water partition coefficient (Wildman–Crippen LogP) is 0.778. The average molecular weight is 270 g/mol. The number of hydrogen-bond donors (Lipinski definition) is 2. The molecule has 2 amide bonds. The van der Waals surface area contributed by atoms with E-state index in [2.05, 4.69) is 25.1 Å². The summed E-state index contributed by atoms with van der Waals surface area (Å²) in [7, 11) is 0. The molecular formula is C13H22N2O4. The zero-order valence-electron chi connectivity index (χ0n) is 11.5. The number of carbonyl (C=O) groups excluding carboxylic acids is 1. The van der Waals surface area contributed by atoms with E-state index in [1.807, 2.05) is 0 Å². The van der Waals surface area contributed by atoms with Crippen LogP contribution in [-0.4, -0.2) is 54.9 Å². The highest BCUT2D eigenvalue weighted by Gasteiger charge is 2.14. The molecule has 2 N–H and O–H groups in total. The van der Waals surface area contributed by atoms with Crippen molar-refractivity contribution in [3.8, 4) is 12.3 Å². The summed E-state index contributed by atoms with van der Waals surface area (Å²) in [5.41, 5.74) is 0. The number of nitrogens with zero attached hydrogens (tertiary/aromatic N) is 1. The molecule has 0 radical (unpaired) electrons. The zero-order valence-corrected chi connectivity index (χ0v) is 11.5. The van der Waals surface area contributed by atoms with Gasteiger partial charge in [0.2, 0.25) is 0 Å². The van der Waals surface area contributed by atoms with E-state index < -0.39 is 18.5 Å². The molecule has 0 aromatic rings. The molecule has 0 aromatic heterocycles. The molecule has 0 rings (SSSR count). The smallest absolute Gasteiger partial charge is 0.323 e. The van der Waals surface area contributed by atoms with Crippen molar-refractivity contribution < 1.29 is 19.4 Å². The number of carboxylic acid groups (broad SMARTS) is 1. The highest BCUT2D eigenvalue weighted by Crippen LogP contribution is 1.93. The number of aliphatic carboxylic acids is 1. The van der Waals surface area contributed by atoms with Crippen molar-refractivity contribution >= 4 is 12.0 Å². The van der Waals surface area contributed by atoms with E-state index >= 15 is 0 Å². The third kappa shape index (κ3) is 9.92. The molecular weight excluding hydrogens is 248 g/mol. The Morgan fingerprint density at radius 2 is 2.16 bits per heavy atom. The van der Waals surface area contributed by atoms with Crippen LogP contribution in [0.1, 0.15) is 20.3 Å². The van der Waals surface area contributed by atoms with Gasteiger partial charge in [-0.3, -0.25) is 4.79 Å². The van der Waals surface area contributed by atoms with E-state index in [1.165, 1.54) is 0 Å². The fourth-order valence-corrected chi connectivity index (χ4v) is 1.27. The minimum Gasteiger partial charge on any atom is -0.480 e. The van der Waals surface area contributed by atoms with Crippen LogP contribution < -0.4 is 5.32 Å². The van der Waals surface area contributed by atoms with Gasteiger partial charge in [0.15, 0.2) is 0 Å². The molecule has 0 atom stereocenters. The Morgan fingerprint density at radius 1 is 1.47 bits per heavy atom. The maximum atomic E-state index is 11.6. The molecule has 0 unspecified atom stereocenters. The van der Waals surface area contributed by atoms with Gasteiger partial charge in [-0.05, 0) is 12.3 Å². The van der Waals surface area contributed by atoms with Crippen LogP contribution in [0.4, 0.5) is 4.79 Å². The van der Waals surface area contributed by atoms with Crippen molar-refractivity contribution in [3.05, 3.63) is 0 Å². The molecule has 0 aromatic carbocycles. The Balaban J connectivity index is 3.81. The summed E-state index contributed by atoms with van der Waals surface area (Å²) in [6.45, 7) is 5.37. The number of ether oxygens (including phenoxy) is 1. The van der Waals surface area contributed by atoms with E-state index in [0.717, 1.165) is 4.90 Å². The molecule has 0 spiro atoms. The summed E-state index contributed by atoms with van der Waals surface area (Å²) >= 11 is 0. The number of carboxylic acids is 1. The van der Waals surface area contributed by atoms with Gasteiger partial charge >= 0.3 is 12.0 Å². The summed E-state index contributed by atoms with van der Waals surface area (Å²) in [6, 6.07) is -0.468. The van der Waals surface area contributed by atoms with E-state index in [-0.39, 0.29) is 6.54 Å². The third-order valence-corrected chi connectivity index (χ3v) is 2.09. The van der Waals surface area contributed by atoms with Gasteiger partial charge in [-0.2, -0.15) is 0 Å². The molecule has 6 nitrogen and oxygen atoms in total. The van der Waals surface area contributed by atoms with Crippen LogP contribution in [0.5, 0.6) is 0 Å². The van der Waals surface area contributed by atoms with Crippen LogP contribution in [0.15, 0.2) is 0 Å². The van der Waals surface area contributed by atoms with Crippen LogP contribution >= 0.6 is 0 Å². The average Bonchev–Trinajstić information content (AvgIpc) is 2.31. The van der Waals surface area contributed by atoms with Crippen molar-refractivity contribution in [3.63, 3.8) is 0 Å². The fraction of sp³-hybridized carbons (Fsp3) is 0.692. The maximum Gasteiger partial charge on any atom is 0.323 e. The Hall–Kier alpha value is -1.74. The fourth-order valence-electron chi connectivity index (χ4n) is 1.27. The largest absolute Gasteiger partial charge is 0.480 e. The van der Waals surface area contributed by atoms with Gasteiger partial charge in [-0.15, -0.1) is 6.42 Å². The van der Waals surface area contributed by atoms with Crippen molar-refractivity contribution in [2.75, 3.05) is 32.8 Å². The van der Waals surface area contributed by atoms with Gasteiger partial charge in [0.05, 0.1) is 6.54 Å². The van der Waals surface area contributed by atoms with Crippen molar-refractivity contribution in [2.24, 2.45) is 5.92 Å². The van der Waals surface area contributed by atoms with Crippen molar-refractivity contribution in [2.45, 2.75) is 20.3 Å². The summed E-state index contributed by atoms with van der Waals surface area (Å²) < 4.78 is 5.36. The monoisotopic (exact) mass is 270 g/mol. The van der Waals surface area contributed by atoms with Crippen molar-refractivity contribution in [1.82, 2.24) is 10.2 Å². The van der Waals surface area contributed by atoms with E-state index in [0.29, 0.717) is 32.1 Å². The second kappa shape index (κ2) is 10.2. The lowest BCUT2D eigenvalue weighted by Crippen LogP contribution is -2.43. The second-order valence-corrected chi connectivity index (χ2v) is 4.51. The van der Waals surface area contributed by atoms with Crippen LogP contribution in [0.2, 0.25) is 0 Å². The SMILES string of the molecule is C#CCN(CC(=O)O)C(=O)NCCCOCC(C)C. The third-order valence-electron chi connectivity index (χ3n) is 2.09. The normalized spacial score (nSPS) is 10.0. The van der Waals surface area contributed by atoms with Crippen LogP contribution in [0.3, 0.4) is 0 Å². The van der Waals surface area contributed by atoms with E-state index in [1.54, 1.807) is 0 Å². The van der Waals surface area contributed by atoms with Gasteiger partial charge in [0.25, 0.3) is 0 Å². The summed E-state index contributed by atoms with van der Waals surface area (Å²) in [4.78, 5) is 23.2. The molecule has 0 heterocycles. The first kappa shape index (κ1) is 17.3. The lowest BCUT2D eigenvalue weighted by molar-refractivity contribution is -0.137. The molecule has 0 aliphatic carbocycles. The number of amides is 2. The molecule has 0 saturated heterocycles. The van der Waals surface area contributed by atoms with Gasteiger partial charge < -0.3 is 20.1 Å². The first-order chi connectivity index (χ1) is 8.97. The highest BCUT2D eigenvalue weighted by atomic mass is 16.5. The van der Waals surface area contributed by atoms with Crippen molar-refractivity contribution in [1.29, 1.82) is 0 Å². The Labute approximate surface area is 114 Å². The van der Waals surface area contributed by atoms with Crippen LogP contribution in [-0.2, 0) is 9.53 Å². The van der Waals surface area contributed by atoms with E-state index in [9.17, 15) is 9.59 Å². The highest BCUT2D eigenvalue weighted by molar-refractivity contribution is 5.80. The second-order valence-electron chi connectivity index (χ2n) is 4.51. The molecule has 0 aliphatic rings. The topological polar surface area (TPSA) is 78.9 Å². The first-order valence-electron chi connectivity index (χ1n) is 6.23. The molecule has 19 heavy (non-hydrogen) atoms. The number of hydrogen-bond acceptors (Lipinski definition) is 3. The molecule has 0 saturated carbocycles. The summed E-state index contributed by atoms with van der Waals surface area (Å²) in [5, 5.41) is 11.3. The quantitative estimate of drug-likeness (QED) is 0.479. The first-order valence-corrected chi connectivity index (χ1v) is 6.23. The number of terminal acetylenes is 1. The molecule has 0 fully saturated rings. The van der Waals surface area contributed by atoms with Gasteiger partial charge in [-0.1, -0.05) is 19.8 Å². The lowest BCUT2D eigenvalue weighted by Gasteiger charge is -2.18. The summed E-state index contributed by atoms with van der Waals surface area (Å²) in [6.07, 6.45) is 5.76. The van der Waals surface area contributed by atoms with Gasteiger partial charge in [0.1, 0.15) is 6.54 Å². The molecule has 0 bridgehead atoms. The Morgan fingerprint density at radius 3 is 2.68 bits per heavy atom. The number of carbonyl (C=O) groups is 2. The minimum absolute atomic E-state index is 0.0258. The number of nitrogens with one attached hydrogen (secondary N) is 1. The van der Waals surface area contributed by atoms with Gasteiger partial charge in [0, 0.05) is 19.8 Å². The lowest BCUT2D eigenvalue weighted by atomic mass is 10.2. The molecule has 6 heteroatoms. The maximum absolute atomic E-state index is 11.6. The van der Waals surface area contributed by atoms with E-state index in [4.69, 9.17) is 16.3 Å². The zero-order chi connectivity index (χ0) is 14.7.